The van der Waals surface area contributed by atoms with Gasteiger partial charge in [0.1, 0.15) is 36.3 Å². The Hall–Kier alpha value is -3.91. The first kappa shape index (κ1) is 60.4. The SMILES string of the molecule is NCCCCC(NC(=O)[C@H](CC1CCCCC1)NC(=O)[C@H](CCCCN)NC(=O)[C@H](CC1CCCCC1)NC(=O)[C@@H](N)CCCCN)C(=O)N[C@@H](CC1CCCCC1)C(=O)N[C@@H](CCCCN)C(N)=O. The zero-order chi connectivity index (χ0) is 51.1. The van der Waals surface area contributed by atoms with Crippen molar-refractivity contribution < 1.29 is 33.6 Å². The first-order valence-corrected chi connectivity index (χ1v) is 27.5. The maximum atomic E-state index is 14.7. The molecule has 7 atom stereocenters. The number of amides is 7. The fourth-order valence-electron chi connectivity index (χ4n) is 10.5. The van der Waals surface area contributed by atoms with Crippen LogP contribution >= 0.6 is 0 Å². The highest BCUT2D eigenvalue weighted by Gasteiger charge is 2.36. The van der Waals surface area contributed by atoms with Crippen LogP contribution in [0.15, 0.2) is 0 Å². The van der Waals surface area contributed by atoms with E-state index in [2.05, 4.69) is 31.9 Å². The van der Waals surface area contributed by atoms with Gasteiger partial charge in [0.05, 0.1) is 6.04 Å². The van der Waals surface area contributed by atoms with Crippen LogP contribution in [0, 0.1) is 17.8 Å². The van der Waals surface area contributed by atoms with Gasteiger partial charge in [-0.05, 0) is 134 Å². The third-order valence-electron chi connectivity index (χ3n) is 14.9. The Morgan fingerprint density at radius 2 is 0.600 bits per heavy atom. The summed E-state index contributed by atoms with van der Waals surface area (Å²) < 4.78 is 0. The second kappa shape index (κ2) is 35.2. The molecule has 3 aliphatic rings. The van der Waals surface area contributed by atoms with Gasteiger partial charge in [0.2, 0.25) is 41.4 Å². The minimum Gasteiger partial charge on any atom is -0.368 e. The van der Waals surface area contributed by atoms with E-state index in [1.807, 2.05) is 0 Å². The van der Waals surface area contributed by atoms with Gasteiger partial charge >= 0.3 is 0 Å². The number of carbonyl (C=O) groups excluding carboxylic acids is 7. The summed E-state index contributed by atoms with van der Waals surface area (Å²) in [5, 5.41) is 17.6. The van der Waals surface area contributed by atoms with Gasteiger partial charge in [-0.15, -0.1) is 0 Å². The Morgan fingerprint density at radius 1 is 0.343 bits per heavy atom. The molecule has 0 heterocycles. The Balaban J connectivity index is 1.89. The molecule has 0 bridgehead atoms. The van der Waals surface area contributed by atoms with E-state index in [4.69, 9.17) is 34.4 Å². The predicted molar refractivity (Wildman–Crippen MR) is 274 cm³/mol. The highest BCUT2D eigenvalue weighted by molar-refractivity contribution is 5.97. The monoisotopic (exact) mass is 989 g/mol. The summed E-state index contributed by atoms with van der Waals surface area (Å²) >= 11 is 0. The van der Waals surface area contributed by atoms with Crippen LogP contribution in [0.4, 0.5) is 0 Å². The first-order valence-electron chi connectivity index (χ1n) is 27.5. The van der Waals surface area contributed by atoms with Crippen LogP contribution in [0.2, 0.25) is 0 Å². The van der Waals surface area contributed by atoms with Gasteiger partial charge in [-0.3, -0.25) is 33.6 Å². The molecule has 18 N–H and O–H groups in total. The lowest BCUT2D eigenvalue weighted by Crippen LogP contribution is -2.60. The quantitative estimate of drug-likeness (QED) is 0.0407. The van der Waals surface area contributed by atoms with E-state index in [-0.39, 0.29) is 30.6 Å². The highest BCUT2D eigenvalue weighted by atomic mass is 16.2. The Labute approximate surface area is 418 Å². The van der Waals surface area contributed by atoms with Crippen molar-refractivity contribution in [3.8, 4) is 0 Å². The first-order chi connectivity index (χ1) is 33.8. The summed E-state index contributed by atoms with van der Waals surface area (Å²) in [6.07, 6.45) is 22.0. The van der Waals surface area contributed by atoms with Crippen molar-refractivity contribution in [1.29, 1.82) is 0 Å². The Bertz CT molecular complexity index is 1560. The van der Waals surface area contributed by atoms with Crippen LogP contribution in [0.1, 0.15) is 193 Å². The third-order valence-corrected chi connectivity index (χ3v) is 14.9. The number of nitrogens with one attached hydrogen (secondary N) is 6. The Morgan fingerprint density at radius 3 is 0.914 bits per heavy atom. The molecule has 402 valence electrons. The second-order valence-electron chi connectivity index (χ2n) is 20.7. The van der Waals surface area contributed by atoms with E-state index in [9.17, 15) is 33.6 Å². The molecular weight excluding hydrogens is 893 g/mol. The van der Waals surface area contributed by atoms with Crippen LogP contribution in [-0.4, -0.2) is 110 Å². The number of carbonyl (C=O) groups is 7. The van der Waals surface area contributed by atoms with Crippen molar-refractivity contribution in [2.75, 3.05) is 26.2 Å². The Kier molecular flexibility index (Phi) is 30.4. The second-order valence-corrected chi connectivity index (χ2v) is 20.7. The fraction of sp³-hybridized carbons (Fsp3) is 0.863. The van der Waals surface area contributed by atoms with Crippen molar-refractivity contribution in [1.82, 2.24) is 31.9 Å². The lowest BCUT2D eigenvalue weighted by molar-refractivity contribution is -0.136. The molecule has 3 rings (SSSR count). The molecule has 1 unspecified atom stereocenters. The molecule has 19 nitrogen and oxygen atoms in total. The fourth-order valence-corrected chi connectivity index (χ4v) is 10.5. The smallest absolute Gasteiger partial charge is 0.243 e. The van der Waals surface area contributed by atoms with Crippen molar-refractivity contribution in [2.24, 2.45) is 52.2 Å². The van der Waals surface area contributed by atoms with Crippen LogP contribution in [0.5, 0.6) is 0 Å². The van der Waals surface area contributed by atoms with E-state index in [1.54, 1.807) is 0 Å². The number of nitrogens with two attached hydrogens (primary N) is 6. The van der Waals surface area contributed by atoms with Gasteiger partial charge in [0.25, 0.3) is 0 Å². The number of hydrogen-bond acceptors (Lipinski definition) is 12. The van der Waals surface area contributed by atoms with Gasteiger partial charge in [0.15, 0.2) is 0 Å². The normalized spacial score (nSPS) is 19.0. The maximum absolute atomic E-state index is 14.7. The maximum Gasteiger partial charge on any atom is 0.243 e. The van der Waals surface area contributed by atoms with E-state index in [0.717, 1.165) is 103 Å². The number of rotatable bonds is 35. The molecule has 3 saturated carbocycles. The van der Waals surface area contributed by atoms with E-state index in [1.165, 1.54) is 0 Å². The van der Waals surface area contributed by atoms with E-state index in [0.29, 0.717) is 103 Å². The third kappa shape index (κ3) is 23.5. The largest absolute Gasteiger partial charge is 0.368 e. The topological polar surface area (TPSA) is 348 Å². The van der Waals surface area contributed by atoms with Crippen molar-refractivity contribution in [2.45, 2.75) is 235 Å². The molecular formula is C51H96N12O7. The molecule has 0 radical (unpaired) electrons. The summed E-state index contributed by atoms with van der Waals surface area (Å²) in [6.45, 7) is 1.68. The lowest BCUT2D eigenvalue weighted by atomic mass is 9.84. The minimum absolute atomic E-state index is 0.135. The zero-order valence-corrected chi connectivity index (χ0v) is 42.6. The van der Waals surface area contributed by atoms with Crippen molar-refractivity contribution >= 4 is 41.4 Å². The van der Waals surface area contributed by atoms with Crippen LogP contribution < -0.4 is 66.3 Å². The minimum atomic E-state index is -1.08. The van der Waals surface area contributed by atoms with Gasteiger partial charge in [0, 0.05) is 0 Å². The van der Waals surface area contributed by atoms with Gasteiger partial charge in [-0.2, -0.15) is 0 Å². The predicted octanol–water partition coefficient (Wildman–Crippen LogP) is 2.13. The van der Waals surface area contributed by atoms with Gasteiger partial charge in [-0.1, -0.05) is 103 Å². The molecule has 0 aromatic heterocycles. The number of hydrogen-bond donors (Lipinski definition) is 12. The summed E-state index contributed by atoms with van der Waals surface area (Å²) in [5.74, 6) is -3.23. The van der Waals surface area contributed by atoms with E-state index < -0.39 is 83.6 Å². The van der Waals surface area contributed by atoms with Crippen molar-refractivity contribution in [3.63, 3.8) is 0 Å². The molecule has 0 aromatic carbocycles. The average Bonchev–Trinajstić information content (AvgIpc) is 3.35. The van der Waals surface area contributed by atoms with Gasteiger partial charge < -0.3 is 66.3 Å². The molecule has 0 spiro atoms. The lowest BCUT2D eigenvalue weighted by Gasteiger charge is -2.31. The molecule has 3 fully saturated rings. The number of unbranched alkanes of at least 4 members (excludes halogenated alkanes) is 4. The molecule has 70 heavy (non-hydrogen) atoms. The van der Waals surface area contributed by atoms with Crippen LogP contribution in [0.25, 0.3) is 0 Å². The summed E-state index contributed by atoms with van der Waals surface area (Å²) in [5.41, 5.74) is 35.1. The highest BCUT2D eigenvalue weighted by Crippen LogP contribution is 2.30. The molecule has 0 aliphatic heterocycles. The molecule has 7 amide bonds. The average molecular weight is 989 g/mol. The van der Waals surface area contributed by atoms with Crippen LogP contribution in [0.3, 0.4) is 0 Å². The van der Waals surface area contributed by atoms with E-state index >= 15 is 0 Å². The molecule has 0 saturated heterocycles. The molecule has 3 aliphatic carbocycles. The summed E-state index contributed by atoms with van der Waals surface area (Å²) in [6, 6.07) is -6.84. The van der Waals surface area contributed by atoms with Gasteiger partial charge in [-0.25, -0.2) is 0 Å². The zero-order valence-electron chi connectivity index (χ0n) is 42.6. The number of primary amides is 1. The molecule has 0 aromatic rings. The van der Waals surface area contributed by atoms with Crippen molar-refractivity contribution in [3.05, 3.63) is 0 Å². The van der Waals surface area contributed by atoms with Crippen LogP contribution in [-0.2, 0) is 33.6 Å². The molecule has 19 heteroatoms. The standard InChI is InChI=1S/C51H96N12O7/c52-28-14-10-24-38(56)46(65)61-42(32-35-18-4-1-5-19-35)50(69)59-40(26-12-16-30-54)48(67)63-44(34-37-22-8-3-9-23-37)51(70)60-41(27-13-17-31-55)47(66)62-43(33-36-20-6-2-7-21-36)49(68)58-39(45(57)64)25-11-15-29-53/h35-44H,1-34,52-56H2,(H2,57,64)(H,58,68)(H,59,69)(H,60,70)(H,61,65)(H,62,66)(H,63,67)/t38-,39-,40-,41?,42-,43-,44-/m0/s1. The summed E-state index contributed by atoms with van der Waals surface area (Å²) in [4.78, 5) is 97.7. The summed E-state index contributed by atoms with van der Waals surface area (Å²) in [7, 11) is 0.